The Labute approximate surface area is 166 Å². The molecule has 2 rings (SSSR count). The second-order valence-electron chi connectivity index (χ2n) is 7.37. The fourth-order valence-corrected chi connectivity index (χ4v) is 3.89. The van der Waals surface area contributed by atoms with E-state index in [-0.39, 0.29) is 24.8 Å². The molecule has 0 spiro atoms. The van der Waals surface area contributed by atoms with E-state index in [1.54, 1.807) is 0 Å². The number of unbranched alkanes of at least 4 members (excludes halogenated alkanes) is 1. The molecular weight excluding hydrogens is 357 g/mol. The molecule has 0 aromatic rings. The van der Waals surface area contributed by atoms with Crippen molar-refractivity contribution >= 4 is 30.7 Å². The van der Waals surface area contributed by atoms with Gasteiger partial charge < -0.3 is 16.0 Å². The van der Waals surface area contributed by atoms with Crippen molar-refractivity contribution in [3.8, 4) is 0 Å². The molecule has 0 saturated heterocycles. The molecule has 0 bridgehead atoms. The van der Waals surface area contributed by atoms with Crippen LogP contribution in [0.4, 0.5) is 0 Å². The molecular formula is C19H39Cl2N3O. The van der Waals surface area contributed by atoms with E-state index >= 15 is 0 Å². The van der Waals surface area contributed by atoms with Crippen LogP contribution in [0.2, 0.25) is 0 Å². The molecule has 4 nitrogen and oxygen atoms in total. The molecule has 3 N–H and O–H groups in total. The van der Waals surface area contributed by atoms with Gasteiger partial charge in [-0.25, -0.2) is 0 Å². The summed E-state index contributed by atoms with van der Waals surface area (Å²) in [4.78, 5) is 12.0. The van der Waals surface area contributed by atoms with Gasteiger partial charge in [0.2, 0.25) is 5.91 Å². The van der Waals surface area contributed by atoms with Gasteiger partial charge in [0, 0.05) is 31.6 Å². The SMILES string of the molecule is Cl.Cl.O=C(NCCCCNCCNC1CCCCC1)C1CCCCC1. The van der Waals surface area contributed by atoms with Gasteiger partial charge >= 0.3 is 0 Å². The van der Waals surface area contributed by atoms with E-state index in [0.29, 0.717) is 11.8 Å². The number of hydrogen-bond donors (Lipinski definition) is 3. The molecule has 0 radical (unpaired) electrons. The Morgan fingerprint density at radius 1 is 0.720 bits per heavy atom. The zero-order chi connectivity index (χ0) is 16.2. The third-order valence-electron chi connectivity index (χ3n) is 5.40. The quantitative estimate of drug-likeness (QED) is 0.492. The van der Waals surface area contributed by atoms with Crippen molar-refractivity contribution in [3.05, 3.63) is 0 Å². The fraction of sp³-hybridized carbons (Fsp3) is 0.947. The number of halogens is 2. The molecule has 0 heterocycles. The van der Waals surface area contributed by atoms with Crippen LogP contribution < -0.4 is 16.0 Å². The second-order valence-corrected chi connectivity index (χ2v) is 7.37. The van der Waals surface area contributed by atoms with E-state index in [0.717, 1.165) is 57.9 Å². The Morgan fingerprint density at radius 2 is 1.32 bits per heavy atom. The van der Waals surface area contributed by atoms with Crippen LogP contribution >= 0.6 is 24.8 Å². The van der Waals surface area contributed by atoms with Crippen molar-refractivity contribution in [2.45, 2.75) is 83.1 Å². The van der Waals surface area contributed by atoms with E-state index < -0.39 is 0 Å². The minimum absolute atomic E-state index is 0. The van der Waals surface area contributed by atoms with Gasteiger partial charge in [0.25, 0.3) is 0 Å². The van der Waals surface area contributed by atoms with Crippen LogP contribution in [0, 0.1) is 5.92 Å². The van der Waals surface area contributed by atoms with Crippen LogP contribution in [0.3, 0.4) is 0 Å². The second kappa shape index (κ2) is 16.2. The monoisotopic (exact) mass is 395 g/mol. The number of carbonyl (C=O) groups is 1. The van der Waals surface area contributed by atoms with Crippen LogP contribution in [0.15, 0.2) is 0 Å². The summed E-state index contributed by atoms with van der Waals surface area (Å²) in [6.07, 6.45) is 15.2. The third kappa shape index (κ3) is 11.3. The van der Waals surface area contributed by atoms with Crippen molar-refractivity contribution in [3.63, 3.8) is 0 Å². The van der Waals surface area contributed by atoms with Gasteiger partial charge in [-0.2, -0.15) is 0 Å². The molecule has 0 atom stereocenters. The van der Waals surface area contributed by atoms with Crippen molar-refractivity contribution in [1.29, 1.82) is 0 Å². The largest absolute Gasteiger partial charge is 0.356 e. The van der Waals surface area contributed by atoms with Crippen molar-refractivity contribution in [2.75, 3.05) is 26.2 Å². The third-order valence-corrected chi connectivity index (χ3v) is 5.40. The lowest BCUT2D eigenvalue weighted by molar-refractivity contribution is -0.125. The number of amides is 1. The van der Waals surface area contributed by atoms with Crippen LogP contribution in [0.1, 0.15) is 77.0 Å². The Bertz CT molecular complexity index is 320. The number of rotatable bonds is 10. The molecule has 1 amide bonds. The normalized spacial score (nSPS) is 18.9. The molecule has 6 heteroatoms. The summed E-state index contributed by atoms with van der Waals surface area (Å²) in [6, 6.07) is 0.764. The highest BCUT2D eigenvalue weighted by Gasteiger charge is 2.20. The molecule has 2 aliphatic rings. The molecule has 0 unspecified atom stereocenters. The maximum atomic E-state index is 12.0. The van der Waals surface area contributed by atoms with Crippen LogP contribution in [-0.4, -0.2) is 38.1 Å². The number of hydrogen-bond acceptors (Lipinski definition) is 3. The minimum Gasteiger partial charge on any atom is -0.356 e. The summed E-state index contributed by atoms with van der Waals surface area (Å²) in [5.41, 5.74) is 0. The lowest BCUT2D eigenvalue weighted by atomic mass is 9.89. The van der Waals surface area contributed by atoms with Gasteiger partial charge in [0.05, 0.1) is 0 Å². The summed E-state index contributed by atoms with van der Waals surface area (Å²) < 4.78 is 0. The van der Waals surface area contributed by atoms with Gasteiger partial charge in [-0.3, -0.25) is 4.79 Å². The highest BCUT2D eigenvalue weighted by molar-refractivity contribution is 5.85. The minimum atomic E-state index is 0. The molecule has 2 aliphatic carbocycles. The Morgan fingerprint density at radius 3 is 2.00 bits per heavy atom. The van der Waals surface area contributed by atoms with E-state index in [9.17, 15) is 4.79 Å². The molecule has 2 saturated carbocycles. The maximum absolute atomic E-state index is 12.0. The fourth-order valence-electron chi connectivity index (χ4n) is 3.89. The Balaban J connectivity index is 0.00000288. The topological polar surface area (TPSA) is 53.2 Å². The first-order valence-electron chi connectivity index (χ1n) is 10.1. The van der Waals surface area contributed by atoms with Crippen molar-refractivity contribution in [1.82, 2.24) is 16.0 Å². The molecule has 150 valence electrons. The maximum Gasteiger partial charge on any atom is 0.223 e. The van der Waals surface area contributed by atoms with E-state index in [1.807, 2.05) is 0 Å². The lowest BCUT2D eigenvalue weighted by Crippen LogP contribution is -2.36. The average Bonchev–Trinajstić information content (AvgIpc) is 2.61. The number of carbonyl (C=O) groups excluding carboxylic acids is 1. The summed E-state index contributed by atoms with van der Waals surface area (Å²) in [5, 5.41) is 10.3. The zero-order valence-corrected chi connectivity index (χ0v) is 17.3. The van der Waals surface area contributed by atoms with Crippen LogP contribution in [-0.2, 0) is 4.79 Å². The molecule has 2 fully saturated rings. The summed E-state index contributed by atoms with van der Waals surface area (Å²) in [6.45, 7) is 4.05. The molecule has 25 heavy (non-hydrogen) atoms. The van der Waals surface area contributed by atoms with Gasteiger partial charge in [-0.05, 0) is 45.1 Å². The predicted molar refractivity (Wildman–Crippen MR) is 111 cm³/mol. The van der Waals surface area contributed by atoms with Crippen LogP contribution in [0.5, 0.6) is 0 Å². The first kappa shape index (κ1) is 25.0. The summed E-state index contributed by atoms with van der Waals surface area (Å²) >= 11 is 0. The summed E-state index contributed by atoms with van der Waals surface area (Å²) in [5.74, 6) is 0.599. The predicted octanol–water partition coefficient (Wildman–Crippen LogP) is 3.82. The lowest BCUT2D eigenvalue weighted by Gasteiger charge is -2.22. The van der Waals surface area contributed by atoms with Crippen LogP contribution in [0.25, 0.3) is 0 Å². The molecule has 0 aromatic heterocycles. The zero-order valence-electron chi connectivity index (χ0n) is 15.7. The van der Waals surface area contributed by atoms with Gasteiger partial charge in [-0.15, -0.1) is 24.8 Å². The van der Waals surface area contributed by atoms with Crippen molar-refractivity contribution in [2.24, 2.45) is 5.92 Å². The Hall–Kier alpha value is -0.0300. The van der Waals surface area contributed by atoms with Gasteiger partial charge in [0.1, 0.15) is 0 Å². The molecule has 0 aliphatic heterocycles. The van der Waals surface area contributed by atoms with Crippen molar-refractivity contribution < 1.29 is 4.79 Å². The van der Waals surface area contributed by atoms with E-state index in [4.69, 9.17) is 0 Å². The summed E-state index contributed by atoms with van der Waals surface area (Å²) in [7, 11) is 0. The van der Waals surface area contributed by atoms with Gasteiger partial charge in [-0.1, -0.05) is 38.5 Å². The number of nitrogens with one attached hydrogen (secondary N) is 3. The van der Waals surface area contributed by atoms with E-state index in [2.05, 4.69) is 16.0 Å². The standard InChI is InChI=1S/C19H37N3O.2ClH/c23-19(17-9-3-1-4-10-17)22-14-8-7-13-20-15-16-21-18-11-5-2-6-12-18;;/h17-18,20-21H,1-16H2,(H,22,23);2*1H. The van der Waals surface area contributed by atoms with E-state index in [1.165, 1.54) is 51.4 Å². The first-order chi connectivity index (χ1) is 11.4. The highest BCUT2D eigenvalue weighted by Crippen LogP contribution is 2.23. The average molecular weight is 396 g/mol. The highest BCUT2D eigenvalue weighted by atomic mass is 35.5. The first-order valence-corrected chi connectivity index (χ1v) is 10.1. The smallest absolute Gasteiger partial charge is 0.223 e. The Kier molecular flexibility index (Phi) is 16.1. The molecule has 0 aromatic carbocycles. The van der Waals surface area contributed by atoms with Gasteiger partial charge in [0.15, 0.2) is 0 Å².